The third-order valence-corrected chi connectivity index (χ3v) is 2.93. The Balaban J connectivity index is 0.00000220. The van der Waals surface area contributed by atoms with Crippen LogP contribution in [0.1, 0.15) is 20.3 Å². The van der Waals surface area contributed by atoms with Gasteiger partial charge in [-0.3, -0.25) is 4.79 Å². The van der Waals surface area contributed by atoms with Crippen LogP contribution in [0, 0.1) is 0 Å². The first kappa shape index (κ1) is 17.8. The number of anilines is 1. The predicted octanol–water partition coefficient (Wildman–Crippen LogP) is 2.21. The van der Waals surface area contributed by atoms with Gasteiger partial charge in [0.15, 0.2) is 0 Å². The second-order valence-corrected chi connectivity index (χ2v) is 5.14. The molecule has 1 aliphatic heterocycles. The molecule has 6 heteroatoms. The summed E-state index contributed by atoms with van der Waals surface area (Å²) in [6.45, 7) is 6.21. The maximum Gasteiger partial charge on any atom is 0.227 e. The topological polar surface area (TPSA) is 59.6 Å². The summed E-state index contributed by atoms with van der Waals surface area (Å²) >= 11 is 0. The molecule has 1 aromatic rings. The highest BCUT2D eigenvalue weighted by Gasteiger charge is 2.17. The Kier molecular flexibility index (Phi) is 7.50. The Morgan fingerprint density at radius 2 is 2.14 bits per heavy atom. The molecular weight excluding hydrogens is 292 g/mol. The van der Waals surface area contributed by atoms with E-state index in [1.54, 1.807) is 0 Å². The molecule has 1 unspecified atom stereocenters. The van der Waals surface area contributed by atoms with Gasteiger partial charge >= 0.3 is 0 Å². The number of nitrogens with one attached hydrogen (secondary N) is 2. The highest BCUT2D eigenvalue weighted by atomic mass is 35.5. The molecule has 5 nitrogen and oxygen atoms in total. The van der Waals surface area contributed by atoms with Crippen molar-refractivity contribution >= 4 is 24.0 Å². The summed E-state index contributed by atoms with van der Waals surface area (Å²) < 4.78 is 11.1. The molecule has 0 radical (unpaired) electrons. The summed E-state index contributed by atoms with van der Waals surface area (Å²) in [6, 6.07) is 7.40. The predicted molar refractivity (Wildman–Crippen MR) is 85.3 cm³/mol. The van der Waals surface area contributed by atoms with Crippen LogP contribution in [-0.4, -0.2) is 37.8 Å². The van der Waals surface area contributed by atoms with Crippen LogP contribution in [0.25, 0.3) is 0 Å². The Bertz CT molecular complexity index is 431. The molecule has 1 heterocycles. The van der Waals surface area contributed by atoms with Gasteiger partial charge in [-0.15, -0.1) is 12.4 Å². The number of hydrogen-bond acceptors (Lipinski definition) is 4. The number of halogens is 1. The molecule has 0 aliphatic carbocycles. The lowest BCUT2D eigenvalue weighted by atomic mass is 10.2. The molecule has 1 fully saturated rings. The first-order valence-electron chi connectivity index (χ1n) is 7.02. The molecule has 2 rings (SSSR count). The Labute approximate surface area is 131 Å². The third-order valence-electron chi connectivity index (χ3n) is 2.93. The molecule has 0 saturated carbocycles. The van der Waals surface area contributed by atoms with Gasteiger partial charge in [0.2, 0.25) is 5.91 Å². The number of morpholine rings is 1. The molecule has 118 valence electrons. The summed E-state index contributed by atoms with van der Waals surface area (Å²) in [5, 5.41) is 6.08. The van der Waals surface area contributed by atoms with Gasteiger partial charge in [0.25, 0.3) is 0 Å². The van der Waals surface area contributed by atoms with E-state index in [4.69, 9.17) is 9.47 Å². The van der Waals surface area contributed by atoms with Gasteiger partial charge in [0.05, 0.1) is 25.2 Å². The summed E-state index contributed by atoms with van der Waals surface area (Å²) in [7, 11) is 0. The third kappa shape index (κ3) is 6.33. The zero-order valence-electron chi connectivity index (χ0n) is 12.4. The minimum Gasteiger partial charge on any atom is -0.491 e. The number of hydrogen-bond donors (Lipinski definition) is 2. The van der Waals surface area contributed by atoms with E-state index in [9.17, 15) is 4.79 Å². The fourth-order valence-electron chi connectivity index (χ4n) is 2.06. The number of ether oxygens (including phenoxy) is 2. The highest BCUT2D eigenvalue weighted by Crippen LogP contribution is 2.17. The van der Waals surface area contributed by atoms with Crippen molar-refractivity contribution in [1.82, 2.24) is 5.32 Å². The number of amides is 1. The fourth-order valence-corrected chi connectivity index (χ4v) is 2.06. The maximum absolute atomic E-state index is 11.9. The molecule has 1 saturated heterocycles. The number of rotatable bonds is 5. The Morgan fingerprint density at radius 3 is 2.71 bits per heavy atom. The van der Waals surface area contributed by atoms with Crippen molar-refractivity contribution in [3.8, 4) is 5.75 Å². The van der Waals surface area contributed by atoms with Gasteiger partial charge in [-0.25, -0.2) is 0 Å². The number of benzene rings is 1. The van der Waals surface area contributed by atoms with Crippen molar-refractivity contribution in [1.29, 1.82) is 0 Å². The van der Waals surface area contributed by atoms with Gasteiger partial charge in [-0.1, -0.05) is 0 Å². The zero-order valence-corrected chi connectivity index (χ0v) is 13.2. The van der Waals surface area contributed by atoms with Crippen molar-refractivity contribution < 1.29 is 14.3 Å². The van der Waals surface area contributed by atoms with Crippen molar-refractivity contribution in [2.75, 3.05) is 25.0 Å². The van der Waals surface area contributed by atoms with Crippen LogP contribution in [0.4, 0.5) is 5.69 Å². The van der Waals surface area contributed by atoms with Crippen LogP contribution in [0.2, 0.25) is 0 Å². The second kappa shape index (κ2) is 8.87. The van der Waals surface area contributed by atoms with Crippen LogP contribution in [0.3, 0.4) is 0 Å². The van der Waals surface area contributed by atoms with Gasteiger partial charge in [-0.2, -0.15) is 0 Å². The van der Waals surface area contributed by atoms with Crippen LogP contribution < -0.4 is 15.4 Å². The monoisotopic (exact) mass is 314 g/mol. The van der Waals surface area contributed by atoms with E-state index in [2.05, 4.69) is 10.6 Å². The summed E-state index contributed by atoms with van der Waals surface area (Å²) in [5.74, 6) is 0.772. The lowest BCUT2D eigenvalue weighted by Crippen LogP contribution is -2.40. The van der Waals surface area contributed by atoms with Gasteiger partial charge < -0.3 is 20.1 Å². The standard InChI is InChI=1S/C15H22N2O3.ClH/c1-11(2)20-13-5-3-12(4-6-13)17-15(18)9-14-10-16-7-8-19-14;/h3-6,11,14,16H,7-10H2,1-2H3,(H,17,18);1H. The Morgan fingerprint density at radius 1 is 1.43 bits per heavy atom. The van der Waals surface area contributed by atoms with E-state index in [0.717, 1.165) is 24.5 Å². The molecule has 1 atom stereocenters. The van der Waals surface area contributed by atoms with E-state index in [1.165, 1.54) is 0 Å². The van der Waals surface area contributed by atoms with Crippen molar-refractivity contribution in [3.63, 3.8) is 0 Å². The lowest BCUT2D eigenvalue weighted by molar-refractivity contribution is -0.119. The summed E-state index contributed by atoms with van der Waals surface area (Å²) in [6.07, 6.45) is 0.482. The maximum atomic E-state index is 11.9. The van der Waals surface area contributed by atoms with E-state index >= 15 is 0 Å². The van der Waals surface area contributed by atoms with Gasteiger partial charge in [-0.05, 0) is 38.1 Å². The largest absolute Gasteiger partial charge is 0.491 e. The summed E-state index contributed by atoms with van der Waals surface area (Å²) in [5.41, 5.74) is 0.773. The molecule has 0 aromatic heterocycles. The molecule has 0 spiro atoms. The van der Waals surface area contributed by atoms with Crippen LogP contribution >= 0.6 is 12.4 Å². The number of carbonyl (C=O) groups is 1. The molecule has 1 amide bonds. The van der Waals surface area contributed by atoms with Crippen LogP contribution in [0.5, 0.6) is 5.75 Å². The minimum atomic E-state index is -0.0349. The average molecular weight is 315 g/mol. The number of carbonyl (C=O) groups excluding carboxylic acids is 1. The quantitative estimate of drug-likeness (QED) is 0.875. The molecule has 1 aromatic carbocycles. The van der Waals surface area contributed by atoms with Crippen molar-refractivity contribution in [2.45, 2.75) is 32.5 Å². The second-order valence-electron chi connectivity index (χ2n) is 5.14. The van der Waals surface area contributed by atoms with Crippen molar-refractivity contribution in [3.05, 3.63) is 24.3 Å². The minimum absolute atomic E-state index is 0. The molecule has 21 heavy (non-hydrogen) atoms. The van der Waals surface area contributed by atoms with Crippen LogP contribution in [0.15, 0.2) is 24.3 Å². The van der Waals surface area contributed by atoms with E-state index in [1.807, 2.05) is 38.1 Å². The smallest absolute Gasteiger partial charge is 0.227 e. The highest BCUT2D eigenvalue weighted by molar-refractivity contribution is 5.91. The SMILES string of the molecule is CC(C)Oc1ccc(NC(=O)CC2CNCCO2)cc1.Cl. The average Bonchev–Trinajstić information content (AvgIpc) is 2.41. The summed E-state index contributed by atoms with van der Waals surface area (Å²) in [4.78, 5) is 11.9. The van der Waals surface area contributed by atoms with E-state index in [-0.39, 0.29) is 30.5 Å². The fraction of sp³-hybridized carbons (Fsp3) is 0.533. The normalized spacial score (nSPS) is 18.0. The lowest BCUT2D eigenvalue weighted by Gasteiger charge is -2.23. The van der Waals surface area contributed by atoms with E-state index in [0.29, 0.717) is 13.0 Å². The van der Waals surface area contributed by atoms with Gasteiger partial charge in [0.1, 0.15) is 5.75 Å². The van der Waals surface area contributed by atoms with Gasteiger partial charge in [0, 0.05) is 18.8 Å². The first-order chi connectivity index (χ1) is 9.63. The van der Waals surface area contributed by atoms with Crippen molar-refractivity contribution in [2.24, 2.45) is 0 Å². The zero-order chi connectivity index (χ0) is 14.4. The molecule has 1 aliphatic rings. The molecule has 0 bridgehead atoms. The Hall–Kier alpha value is -1.30. The van der Waals surface area contributed by atoms with Crippen LogP contribution in [-0.2, 0) is 9.53 Å². The first-order valence-corrected chi connectivity index (χ1v) is 7.02. The molecule has 2 N–H and O–H groups in total. The van der Waals surface area contributed by atoms with E-state index < -0.39 is 0 Å². The molecular formula is C15H23ClN2O3.